The number of ether oxygens (including phenoxy) is 2. The Bertz CT molecular complexity index is 383. The number of hydrogen-bond donors (Lipinski definition) is 1. The highest BCUT2D eigenvalue weighted by molar-refractivity contribution is 5.50. The zero-order valence-electron chi connectivity index (χ0n) is 9.99. The molecule has 1 aliphatic rings. The van der Waals surface area contributed by atoms with Crippen LogP contribution >= 0.6 is 0 Å². The van der Waals surface area contributed by atoms with E-state index in [0.29, 0.717) is 6.61 Å². The highest BCUT2D eigenvalue weighted by atomic mass is 16.5. The third-order valence-electron chi connectivity index (χ3n) is 2.54. The number of fused-ring (bicyclic) bond motifs is 1. The lowest BCUT2D eigenvalue weighted by molar-refractivity contribution is 0.108. The van der Waals surface area contributed by atoms with Gasteiger partial charge in [-0.15, -0.1) is 0 Å². The van der Waals surface area contributed by atoms with Crippen LogP contribution in [0.25, 0.3) is 0 Å². The van der Waals surface area contributed by atoms with Crippen LogP contribution in [0.2, 0.25) is 0 Å². The molecule has 88 valence electrons. The summed E-state index contributed by atoms with van der Waals surface area (Å²) in [6, 6.07) is 5.89. The second-order valence-corrected chi connectivity index (χ2v) is 4.94. The van der Waals surface area contributed by atoms with Gasteiger partial charge in [-0.2, -0.15) is 0 Å². The van der Waals surface area contributed by atoms with E-state index in [1.165, 1.54) is 5.56 Å². The molecule has 1 heterocycles. The quantitative estimate of drug-likeness (QED) is 0.851. The first-order valence-corrected chi connectivity index (χ1v) is 5.60. The van der Waals surface area contributed by atoms with Crippen LogP contribution in [0.4, 0.5) is 0 Å². The molecule has 0 amide bonds. The maximum Gasteiger partial charge on any atom is 0.165 e. The van der Waals surface area contributed by atoms with E-state index in [-0.39, 0.29) is 5.60 Å². The molecule has 2 rings (SSSR count). The minimum Gasteiger partial charge on any atom is -0.487 e. The van der Waals surface area contributed by atoms with Crippen molar-refractivity contribution in [2.75, 3.05) is 6.61 Å². The standard InChI is InChI=1S/C13H18O3/c1-9(14)8-15-11-6-4-5-10-7-13(2,3)16-12(10)11/h4-6,9,14H,7-8H2,1-3H3/t9-/m0/s1. The van der Waals surface area contributed by atoms with Gasteiger partial charge in [-0.3, -0.25) is 0 Å². The van der Waals surface area contributed by atoms with Gasteiger partial charge in [0.2, 0.25) is 0 Å². The molecule has 0 spiro atoms. The number of hydrogen-bond acceptors (Lipinski definition) is 3. The lowest BCUT2D eigenvalue weighted by Gasteiger charge is -2.18. The van der Waals surface area contributed by atoms with Gasteiger partial charge in [-0.05, 0) is 26.8 Å². The Morgan fingerprint density at radius 3 is 2.94 bits per heavy atom. The summed E-state index contributed by atoms with van der Waals surface area (Å²) in [5.74, 6) is 1.55. The van der Waals surface area contributed by atoms with Gasteiger partial charge in [-0.1, -0.05) is 12.1 Å². The van der Waals surface area contributed by atoms with Crippen LogP contribution in [0.5, 0.6) is 11.5 Å². The van der Waals surface area contributed by atoms with Crippen LogP contribution < -0.4 is 9.47 Å². The number of aliphatic hydroxyl groups excluding tert-OH is 1. The summed E-state index contributed by atoms with van der Waals surface area (Å²) in [6.07, 6.45) is 0.430. The molecule has 1 N–H and O–H groups in total. The molecular weight excluding hydrogens is 204 g/mol. The van der Waals surface area contributed by atoms with E-state index in [0.717, 1.165) is 17.9 Å². The Labute approximate surface area is 96.0 Å². The van der Waals surface area contributed by atoms with Crippen LogP contribution in [0.1, 0.15) is 26.3 Å². The molecule has 1 aromatic carbocycles. The molecule has 3 nitrogen and oxygen atoms in total. The summed E-state index contributed by atoms with van der Waals surface area (Å²) in [5.41, 5.74) is 1.01. The SMILES string of the molecule is C[C@H](O)COc1cccc2c1OC(C)(C)C2. The third kappa shape index (κ3) is 2.30. The van der Waals surface area contributed by atoms with Crippen LogP contribution in [-0.2, 0) is 6.42 Å². The monoisotopic (exact) mass is 222 g/mol. The van der Waals surface area contributed by atoms with E-state index < -0.39 is 6.10 Å². The van der Waals surface area contributed by atoms with Crippen molar-refractivity contribution in [1.29, 1.82) is 0 Å². The average Bonchev–Trinajstić information content (AvgIpc) is 2.48. The lowest BCUT2D eigenvalue weighted by atomic mass is 10.0. The zero-order chi connectivity index (χ0) is 11.8. The fraction of sp³-hybridized carbons (Fsp3) is 0.538. The Morgan fingerprint density at radius 1 is 1.50 bits per heavy atom. The van der Waals surface area contributed by atoms with Crippen molar-refractivity contribution in [3.8, 4) is 11.5 Å². The van der Waals surface area contributed by atoms with E-state index in [1.54, 1.807) is 6.92 Å². The average molecular weight is 222 g/mol. The second kappa shape index (κ2) is 3.98. The molecule has 0 aliphatic carbocycles. The summed E-state index contributed by atoms with van der Waals surface area (Å²) >= 11 is 0. The topological polar surface area (TPSA) is 38.7 Å². The van der Waals surface area contributed by atoms with Gasteiger partial charge in [0, 0.05) is 12.0 Å². The molecule has 1 aliphatic heterocycles. The minimum atomic E-state index is -0.467. The number of rotatable bonds is 3. The summed E-state index contributed by atoms with van der Waals surface area (Å²) in [5, 5.41) is 9.20. The normalized spacial score (nSPS) is 18.8. The summed E-state index contributed by atoms with van der Waals surface area (Å²) in [4.78, 5) is 0. The molecule has 0 bridgehead atoms. The van der Waals surface area contributed by atoms with Gasteiger partial charge >= 0.3 is 0 Å². The molecule has 0 unspecified atom stereocenters. The lowest BCUT2D eigenvalue weighted by Crippen LogP contribution is -2.24. The number of benzene rings is 1. The van der Waals surface area contributed by atoms with Crippen molar-refractivity contribution in [2.24, 2.45) is 0 Å². The largest absolute Gasteiger partial charge is 0.487 e. The van der Waals surface area contributed by atoms with Gasteiger partial charge < -0.3 is 14.6 Å². The van der Waals surface area contributed by atoms with E-state index in [4.69, 9.17) is 9.47 Å². The van der Waals surface area contributed by atoms with Crippen molar-refractivity contribution < 1.29 is 14.6 Å². The number of para-hydroxylation sites is 1. The van der Waals surface area contributed by atoms with Crippen molar-refractivity contribution in [3.63, 3.8) is 0 Å². The van der Waals surface area contributed by atoms with Crippen LogP contribution in [-0.4, -0.2) is 23.4 Å². The van der Waals surface area contributed by atoms with E-state index in [2.05, 4.69) is 19.9 Å². The van der Waals surface area contributed by atoms with Crippen molar-refractivity contribution in [1.82, 2.24) is 0 Å². The summed E-state index contributed by atoms with van der Waals surface area (Å²) in [6.45, 7) is 6.12. The van der Waals surface area contributed by atoms with E-state index >= 15 is 0 Å². The second-order valence-electron chi connectivity index (χ2n) is 4.94. The smallest absolute Gasteiger partial charge is 0.165 e. The fourth-order valence-corrected chi connectivity index (χ4v) is 1.91. The molecule has 3 heteroatoms. The minimum absolute atomic E-state index is 0.160. The molecule has 1 atom stereocenters. The summed E-state index contributed by atoms with van der Waals surface area (Å²) in [7, 11) is 0. The van der Waals surface area contributed by atoms with Gasteiger partial charge in [0.15, 0.2) is 11.5 Å². The van der Waals surface area contributed by atoms with Crippen molar-refractivity contribution in [2.45, 2.75) is 38.9 Å². The van der Waals surface area contributed by atoms with Crippen LogP contribution in [0.3, 0.4) is 0 Å². The van der Waals surface area contributed by atoms with Crippen LogP contribution in [0.15, 0.2) is 18.2 Å². The molecule has 0 saturated carbocycles. The predicted molar refractivity (Wildman–Crippen MR) is 62.0 cm³/mol. The first-order chi connectivity index (χ1) is 7.48. The number of aliphatic hydroxyl groups is 1. The molecule has 0 saturated heterocycles. The Morgan fingerprint density at radius 2 is 2.25 bits per heavy atom. The fourth-order valence-electron chi connectivity index (χ4n) is 1.91. The maximum absolute atomic E-state index is 9.20. The molecule has 16 heavy (non-hydrogen) atoms. The third-order valence-corrected chi connectivity index (χ3v) is 2.54. The van der Waals surface area contributed by atoms with Gasteiger partial charge in [0.05, 0.1) is 6.10 Å². The first-order valence-electron chi connectivity index (χ1n) is 5.60. The first kappa shape index (κ1) is 11.3. The Kier molecular flexibility index (Phi) is 2.80. The molecule has 0 aromatic heterocycles. The summed E-state index contributed by atoms with van der Waals surface area (Å²) < 4.78 is 11.4. The molecular formula is C13H18O3. The predicted octanol–water partition coefficient (Wildman–Crippen LogP) is 2.16. The van der Waals surface area contributed by atoms with Gasteiger partial charge in [0.1, 0.15) is 12.2 Å². The molecule has 0 fully saturated rings. The molecule has 1 aromatic rings. The van der Waals surface area contributed by atoms with Gasteiger partial charge in [-0.25, -0.2) is 0 Å². The highest BCUT2D eigenvalue weighted by Crippen LogP contribution is 2.41. The van der Waals surface area contributed by atoms with Crippen molar-refractivity contribution in [3.05, 3.63) is 23.8 Å². The highest BCUT2D eigenvalue weighted by Gasteiger charge is 2.32. The Hall–Kier alpha value is -1.22. The van der Waals surface area contributed by atoms with E-state index in [9.17, 15) is 5.11 Å². The Balaban J connectivity index is 2.20. The van der Waals surface area contributed by atoms with Gasteiger partial charge in [0.25, 0.3) is 0 Å². The van der Waals surface area contributed by atoms with E-state index in [1.807, 2.05) is 12.1 Å². The van der Waals surface area contributed by atoms with Crippen LogP contribution in [0, 0.1) is 0 Å². The van der Waals surface area contributed by atoms with Crippen molar-refractivity contribution >= 4 is 0 Å². The molecule has 0 radical (unpaired) electrons. The maximum atomic E-state index is 9.20. The zero-order valence-corrected chi connectivity index (χ0v) is 9.99.